The molecule has 0 aromatic heterocycles. The molecule has 3 N–H and O–H groups in total. The van der Waals surface area contributed by atoms with Crippen LogP contribution in [-0.2, 0) is 12.8 Å². The van der Waals surface area contributed by atoms with E-state index in [0.29, 0.717) is 0 Å². The topological polar surface area (TPSA) is 58.4 Å². The molecule has 1 aliphatic heterocycles. The third-order valence-corrected chi connectivity index (χ3v) is 5.64. The highest BCUT2D eigenvalue weighted by atomic mass is 35.5. The van der Waals surface area contributed by atoms with E-state index in [1.54, 1.807) is 0 Å². The van der Waals surface area contributed by atoms with Crippen molar-refractivity contribution in [1.82, 2.24) is 5.32 Å². The summed E-state index contributed by atoms with van der Waals surface area (Å²) in [6, 6.07) is 10.8. The average Bonchev–Trinajstić information content (AvgIpc) is 3.04. The van der Waals surface area contributed by atoms with Gasteiger partial charge in [-0.3, -0.25) is 4.79 Å². The summed E-state index contributed by atoms with van der Waals surface area (Å²) >= 11 is 0. The lowest BCUT2D eigenvalue weighted by Crippen LogP contribution is -2.44. The van der Waals surface area contributed by atoms with Crippen LogP contribution < -0.4 is 16.0 Å². The molecular formula is C22H28ClN3O. The van der Waals surface area contributed by atoms with Gasteiger partial charge in [0.05, 0.1) is 11.3 Å². The van der Waals surface area contributed by atoms with Gasteiger partial charge in [0.25, 0.3) is 5.91 Å². The fraction of sp³-hybridized carbons (Fsp3) is 0.409. The molecule has 1 amide bonds. The van der Waals surface area contributed by atoms with E-state index in [-0.39, 0.29) is 18.3 Å². The molecule has 2 aromatic rings. The number of unbranched alkanes of at least 4 members (excludes halogenated alkanes) is 1. The summed E-state index contributed by atoms with van der Waals surface area (Å²) < 4.78 is 0. The summed E-state index contributed by atoms with van der Waals surface area (Å²) in [6.45, 7) is 5.91. The van der Waals surface area contributed by atoms with Crippen LogP contribution in [0.2, 0.25) is 0 Å². The Hall–Kier alpha value is -2.04. The van der Waals surface area contributed by atoms with Crippen LogP contribution in [-0.4, -0.2) is 32.1 Å². The molecular weight excluding hydrogens is 358 g/mol. The number of halogens is 1. The normalized spacial score (nSPS) is 15.1. The number of fused-ring (bicyclic) bond motifs is 3. The molecule has 1 aliphatic carbocycles. The van der Waals surface area contributed by atoms with E-state index in [1.165, 1.54) is 22.3 Å². The Morgan fingerprint density at radius 3 is 2.63 bits per heavy atom. The molecule has 0 spiro atoms. The predicted molar refractivity (Wildman–Crippen MR) is 114 cm³/mol. The maximum absolute atomic E-state index is 12.5. The summed E-state index contributed by atoms with van der Waals surface area (Å²) in [5.74, 6) is -0.289. The van der Waals surface area contributed by atoms with Crippen molar-refractivity contribution in [2.24, 2.45) is 5.73 Å². The number of primary amides is 1. The Balaban J connectivity index is 0.00000210. The lowest BCUT2D eigenvalue weighted by atomic mass is 9.91. The van der Waals surface area contributed by atoms with Crippen LogP contribution >= 0.6 is 12.4 Å². The van der Waals surface area contributed by atoms with Crippen LogP contribution in [0.4, 0.5) is 5.69 Å². The summed E-state index contributed by atoms with van der Waals surface area (Å²) in [5, 5.41) is 3.41. The van der Waals surface area contributed by atoms with E-state index < -0.39 is 0 Å². The summed E-state index contributed by atoms with van der Waals surface area (Å²) in [7, 11) is 0. The zero-order chi connectivity index (χ0) is 18.1. The smallest absolute Gasteiger partial charge is 0.251 e. The van der Waals surface area contributed by atoms with E-state index in [0.717, 1.165) is 68.7 Å². The number of nitrogens with two attached hydrogens (primary N) is 1. The lowest BCUT2D eigenvalue weighted by Gasteiger charge is -2.33. The molecule has 2 aromatic carbocycles. The second-order valence-corrected chi connectivity index (χ2v) is 7.32. The molecule has 0 radical (unpaired) electrons. The molecule has 0 atom stereocenters. The Bertz CT molecular complexity index is 844. The second kappa shape index (κ2) is 8.32. The third kappa shape index (κ3) is 3.56. The number of hydrogen-bond acceptors (Lipinski definition) is 3. The first-order valence-electron chi connectivity index (χ1n) is 9.73. The number of amides is 1. The minimum atomic E-state index is -0.289. The number of carbonyl (C=O) groups excluding carboxylic acids is 1. The van der Waals surface area contributed by atoms with E-state index in [4.69, 9.17) is 5.73 Å². The highest BCUT2D eigenvalue weighted by molar-refractivity contribution is 6.03. The number of benzene rings is 2. The maximum atomic E-state index is 12.5. The minimum absolute atomic E-state index is 0. The molecule has 0 bridgehead atoms. The summed E-state index contributed by atoms with van der Waals surface area (Å²) in [6.07, 6.45) is 3.97. The fourth-order valence-corrected chi connectivity index (χ4v) is 4.39. The van der Waals surface area contributed by atoms with Gasteiger partial charge in [-0.2, -0.15) is 0 Å². The maximum Gasteiger partial charge on any atom is 0.251 e. The zero-order valence-corrected chi connectivity index (χ0v) is 16.7. The average molecular weight is 386 g/mol. The van der Waals surface area contributed by atoms with Crippen molar-refractivity contribution in [3.05, 3.63) is 52.6 Å². The molecule has 1 heterocycles. The van der Waals surface area contributed by atoms with Gasteiger partial charge in [0.15, 0.2) is 0 Å². The minimum Gasteiger partial charge on any atom is -0.368 e. The molecule has 1 fully saturated rings. The standard InChI is InChI=1S/C22H27N3O.ClH/c1-2-3-6-16-14-18-17-8-5-4-7-15(17)13-19(18)21(20(16)22(23)26)25-11-9-24-10-12-25;/h4-5,7-8,14,24H,2-3,6,9-13H2,1H3,(H2,23,26);1H. The van der Waals surface area contributed by atoms with Crippen molar-refractivity contribution in [2.75, 3.05) is 31.1 Å². The number of nitrogens with one attached hydrogen (secondary N) is 1. The first-order valence-corrected chi connectivity index (χ1v) is 9.73. The number of carbonyl (C=O) groups is 1. The van der Waals surface area contributed by atoms with Gasteiger partial charge in [-0.1, -0.05) is 37.6 Å². The first-order chi connectivity index (χ1) is 12.7. The Labute approximate surface area is 167 Å². The van der Waals surface area contributed by atoms with E-state index in [2.05, 4.69) is 47.5 Å². The van der Waals surface area contributed by atoms with Crippen molar-refractivity contribution in [1.29, 1.82) is 0 Å². The number of rotatable bonds is 5. The largest absolute Gasteiger partial charge is 0.368 e. The number of aryl methyl sites for hydroxylation is 1. The van der Waals surface area contributed by atoms with Gasteiger partial charge < -0.3 is 16.0 Å². The van der Waals surface area contributed by atoms with Gasteiger partial charge in [-0.25, -0.2) is 0 Å². The molecule has 2 aliphatic rings. The van der Waals surface area contributed by atoms with Gasteiger partial charge in [0.1, 0.15) is 0 Å². The SMILES string of the molecule is CCCCc1cc2c(c(N3CCNCC3)c1C(N)=O)Cc1ccccc1-2.Cl. The van der Waals surface area contributed by atoms with Gasteiger partial charge in [0.2, 0.25) is 0 Å². The molecule has 0 saturated carbocycles. The van der Waals surface area contributed by atoms with Crippen LogP contribution in [0.15, 0.2) is 30.3 Å². The van der Waals surface area contributed by atoms with Gasteiger partial charge in [0, 0.05) is 32.6 Å². The van der Waals surface area contributed by atoms with E-state index in [9.17, 15) is 4.79 Å². The zero-order valence-electron chi connectivity index (χ0n) is 15.9. The molecule has 4 rings (SSSR count). The van der Waals surface area contributed by atoms with Gasteiger partial charge in [-0.05, 0) is 46.7 Å². The van der Waals surface area contributed by atoms with Crippen molar-refractivity contribution in [3.63, 3.8) is 0 Å². The molecule has 1 saturated heterocycles. The third-order valence-electron chi connectivity index (χ3n) is 5.64. The highest BCUT2D eigenvalue weighted by Gasteiger charge is 2.30. The van der Waals surface area contributed by atoms with Gasteiger partial charge in [-0.15, -0.1) is 12.4 Å². The number of piperazine rings is 1. The van der Waals surface area contributed by atoms with Crippen molar-refractivity contribution in [3.8, 4) is 11.1 Å². The Kier molecular flexibility index (Phi) is 6.08. The lowest BCUT2D eigenvalue weighted by molar-refractivity contribution is 0.0999. The molecule has 0 unspecified atom stereocenters. The molecule has 27 heavy (non-hydrogen) atoms. The predicted octanol–water partition coefficient (Wildman–Crippen LogP) is 3.53. The van der Waals surface area contributed by atoms with Crippen LogP contribution in [0.3, 0.4) is 0 Å². The fourth-order valence-electron chi connectivity index (χ4n) is 4.39. The first kappa shape index (κ1) is 19.7. The van der Waals surface area contributed by atoms with Crippen LogP contribution in [0.1, 0.15) is 46.8 Å². The highest BCUT2D eigenvalue weighted by Crippen LogP contribution is 2.44. The number of nitrogens with zero attached hydrogens (tertiary/aromatic N) is 1. The summed E-state index contributed by atoms with van der Waals surface area (Å²) in [5.41, 5.74) is 14.1. The Morgan fingerprint density at radius 1 is 1.19 bits per heavy atom. The quantitative estimate of drug-likeness (QED) is 0.706. The molecule has 5 heteroatoms. The van der Waals surface area contributed by atoms with Crippen molar-refractivity contribution in [2.45, 2.75) is 32.6 Å². The van der Waals surface area contributed by atoms with Crippen molar-refractivity contribution < 1.29 is 4.79 Å². The van der Waals surface area contributed by atoms with E-state index in [1.807, 2.05) is 0 Å². The number of anilines is 1. The summed E-state index contributed by atoms with van der Waals surface area (Å²) in [4.78, 5) is 14.9. The Morgan fingerprint density at radius 2 is 1.93 bits per heavy atom. The van der Waals surface area contributed by atoms with Crippen LogP contribution in [0.5, 0.6) is 0 Å². The van der Waals surface area contributed by atoms with Gasteiger partial charge >= 0.3 is 0 Å². The molecule has 144 valence electrons. The van der Waals surface area contributed by atoms with E-state index >= 15 is 0 Å². The monoisotopic (exact) mass is 385 g/mol. The van der Waals surface area contributed by atoms with Crippen LogP contribution in [0.25, 0.3) is 11.1 Å². The molecule has 4 nitrogen and oxygen atoms in total. The van der Waals surface area contributed by atoms with Crippen LogP contribution in [0, 0.1) is 0 Å². The number of hydrogen-bond donors (Lipinski definition) is 2. The van der Waals surface area contributed by atoms with Crippen molar-refractivity contribution >= 4 is 24.0 Å². The second-order valence-electron chi connectivity index (χ2n) is 7.32.